The second-order valence-corrected chi connectivity index (χ2v) is 8.45. The average molecular weight is 477 g/mol. The third kappa shape index (κ3) is 4.79. The Bertz CT molecular complexity index is 911. The summed E-state index contributed by atoms with van der Waals surface area (Å²) in [5.74, 6) is -0.355. The van der Waals surface area contributed by atoms with Gasteiger partial charge in [0, 0.05) is 36.4 Å². The highest BCUT2D eigenvalue weighted by Gasteiger charge is 2.34. The molecular weight excluding hydrogens is 452 g/mol. The first-order chi connectivity index (χ1) is 14.3. The summed E-state index contributed by atoms with van der Waals surface area (Å²) in [6.45, 7) is 4.27. The Kier molecular flexibility index (Phi) is 7.04. The van der Waals surface area contributed by atoms with Crippen LogP contribution in [0.3, 0.4) is 0 Å². The largest absolute Gasteiger partial charge is 0.472 e. The minimum atomic E-state index is -0.406. The zero-order valence-electron chi connectivity index (χ0n) is 17.2. The number of carbonyl (C=O) groups excluding carboxylic acids is 2. The van der Waals surface area contributed by atoms with Gasteiger partial charge >= 0.3 is 0 Å². The van der Waals surface area contributed by atoms with E-state index in [1.807, 2.05) is 6.92 Å². The molecule has 2 aromatic heterocycles. The summed E-state index contributed by atoms with van der Waals surface area (Å²) in [6.07, 6.45) is 2.74. The lowest BCUT2D eigenvalue weighted by Gasteiger charge is -2.37. The van der Waals surface area contributed by atoms with Crippen LogP contribution in [0.4, 0.5) is 0 Å². The van der Waals surface area contributed by atoms with Crippen molar-refractivity contribution in [1.82, 2.24) is 19.8 Å². The third-order valence-corrected chi connectivity index (χ3v) is 5.61. The molecule has 9 heteroatoms. The van der Waals surface area contributed by atoms with Crippen LogP contribution in [0.15, 0.2) is 41.1 Å². The predicted octanol–water partition coefficient (Wildman–Crippen LogP) is 2.23. The molecule has 0 spiro atoms. The highest BCUT2D eigenvalue weighted by atomic mass is 79.9. The van der Waals surface area contributed by atoms with Gasteiger partial charge in [-0.2, -0.15) is 0 Å². The van der Waals surface area contributed by atoms with Crippen molar-refractivity contribution in [3.63, 3.8) is 0 Å². The number of carbonyl (C=O) groups is 2. The fraction of sp³-hybridized carbons (Fsp3) is 0.429. The molecule has 3 atom stereocenters. The molecule has 1 aliphatic heterocycles. The van der Waals surface area contributed by atoms with Crippen molar-refractivity contribution >= 4 is 27.7 Å². The van der Waals surface area contributed by atoms with Gasteiger partial charge in [0.2, 0.25) is 5.88 Å². The standard InChI is InChI=1S/C21H25BrN4O4/c1-13-10-26(14(2)12-27)20(28)16-8-15(22)9-24-19(16)30-18(13)11-25(3)21(29)17-6-4-5-7-23-17/h4-9,13-14,18,27H,10-12H2,1-3H3/t13-,14+,18+/m1/s1. The maximum Gasteiger partial charge on any atom is 0.272 e. The van der Waals surface area contributed by atoms with Crippen LogP contribution in [0.1, 0.15) is 34.7 Å². The maximum absolute atomic E-state index is 13.1. The summed E-state index contributed by atoms with van der Waals surface area (Å²) in [5, 5.41) is 9.66. The van der Waals surface area contributed by atoms with Crippen LogP contribution in [0.2, 0.25) is 0 Å². The van der Waals surface area contributed by atoms with Gasteiger partial charge < -0.3 is 19.6 Å². The summed E-state index contributed by atoms with van der Waals surface area (Å²) in [4.78, 5) is 37.4. The van der Waals surface area contributed by atoms with Crippen LogP contribution in [0, 0.1) is 5.92 Å². The average Bonchev–Trinajstić information content (AvgIpc) is 2.76. The number of aliphatic hydroxyl groups excluding tert-OH is 1. The SMILES string of the molecule is C[C@@H]1CN([C@@H](C)CO)C(=O)c2cc(Br)cnc2O[C@H]1CN(C)C(=O)c1ccccn1. The maximum atomic E-state index is 13.1. The minimum absolute atomic E-state index is 0.111. The van der Waals surface area contributed by atoms with E-state index in [4.69, 9.17) is 4.74 Å². The van der Waals surface area contributed by atoms with Crippen molar-refractivity contribution in [1.29, 1.82) is 0 Å². The van der Waals surface area contributed by atoms with Crippen LogP contribution in [0.25, 0.3) is 0 Å². The lowest BCUT2D eigenvalue weighted by molar-refractivity contribution is 0.0312. The minimum Gasteiger partial charge on any atom is -0.472 e. The molecule has 160 valence electrons. The first kappa shape index (κ1) is 22.2. The van der Waals surface area contributed by atoms with Crippen molar-refractivity contribution in [2.75, 3.05) is 26.7 Å². The van der Waals surface area contributed by atoms with Crippen molar-refractivity contribution in [3.8, 4) is 5.88 Å². The van der Waals surface area contributed by atoms with Gasteiger partial charge in [0.25, 0.3) is 11.8 Å². The highest BCUT2D eigenvalue weighted by molar-refractivity contribution is 9.10. The molecule has 0 unspecified atom stereocenters. The highest BCUT2D eigenvalue weighted by Crippen LogP contribution is 2.28. The molecular formula is C21H25BrN4O4. The fourth-order valence-corrected chi connectivity index (χ4v) is 3.66. The van der Waals surface area contributed by atoms with Crippen molar-refractivity contribution in [2.24, 2.45) is 5.92 Å². The number of nitrogens with zero attached hydrogens (tertiary/aromatic N) is 4. The van der Waals surface area contributed by atoms with E-state index in [1.165, 1.54) is 0 Å². The van der Waals surface area contributed by atoms with Crippen LogP contribution < -0.4 is 4.74 Å². The van der Waals surface area contributed by atoms with Crippen molar-refractivity contribution in [3.05, 3.63) is 52.4 Å². The fourth-order valence-electron chi connectivity index (χ4n) is 3.33. The number of hydrogen-bond donors (Lipinski definition) is 1. The molecule has 1 aliphatic rings. The summed E-state index contributed by atoms with van der Waals surface area (Å²) in [7, 11) is 1.70. The Balaban J connectivity index is 1.90. The summed E-state index contributed by atoms with van der Waals surface area (Å²) >= 11 is 3.35. The lowest BCUT2D eigenvalue weighted by atomic mass is 10.00. The normalized spacial score (nSPS) is 19.9. The molecule has 3 heterocycles. The van der Waals surface area contributed by atoms with E-state index in [-0.39, 0.29) is 36.3 Å². The summed E-state index contributed by atoms with van der Waals surface area (Å²) < 4.78 is 6.79. The monoisotopic (exact) mass is 476 g/mol. The molecule has 0 aliphatic carbocycles. The van der Waals surface area contributed by atoms with Gasteiger partial charge in [-0.25, -0.2) is 4.98 Å². The summed E-state index contributed by atoms with van der Waals surface area (Å²) in [6, 6.07) is 6.49. The van der Waals surface area contributed by atoms with E-state index in [2.05, 4.69) is 25.9 Å². The Hall–Kier alpha value is -2.52. The third-order valence-electron chi connectivity index (χ3n) is 5.17. The molecule has 0 radical (unpaired) electrons. The molecule has 8 nitrogen and oxygen atoms in total. The van der Waals surface area contributed by atoms with Gasteiger partial charge in [-0.15, -0.1) is 0 Å². The Morgan fingerprint density at radius 3 is 2.87 bits per heavy atom. The number of pyridine rings is 2. The zero-order valence-corrected chi connectivity index (χ0v) is 18.7. The number of rotatable bonds is 5. The van der Waals surface area contributed by atoms with Gasteiger partial charge in [-0.1, -0.05) is 13.0 Å². The number of hydrogen-bond acceptors (Lipinski definition) is 6. The number of amides is 2. The van der Waals surface area contributed by atoms with Gasteiger partial charge in [-0.3, -0.25) is 14.6 Å². The number of ether oxygens (including phenoxy) is 1. The van der Waals surface area contributed by atoms with E-state index < -0.39 is 6.10 Å². The van der Waals surface area contributed by atoms with Gasteiger partial charge in [0.1, 0.15) is 17.4 Å². The molecule has 2 amide bonds. The molecule has 0 aromatic carbocycles. The second-order valence-electron chi connectivity index (χ2n) is 7.53. The number of halogens is 1. The summed E-state index contributed by atoms with van der Waals surface area (Å²) in [5.41, 5.74) is 0.673. The van der Waals surface area contributed by atoms with Crippen LogP contribution in [-0.4, -0.2) is 75.6 Å². The molecule has 0 fully saturated rings. The molecule has 1 N–H and O–H groups in total. The van der Waals surface area contributed by atoms with E-state index in [0.29, 0.717) is 28.8 Å². The Morgan fingerprint density at radius 1 is 1.43 bits per heavy atom. The van der Waals surface area contributed by atoms with E-state index >= 15 is 0 Å². The van der Waals surface area contributed by atoms with Crippen molar-refractivity contribution < 1.29 is 19.4 Å². The molecule has 2 aromatic rings. The second kappa shape index (κ2) is 9.53. The zero-order chi connectivity index (χ0) is 21.8. The lowest BCUT2D eigenvalue weighted by Crippen LogP contribution is -2.50. The molecule has 30 heavy (non-hydrogen) atoms. The number of likely N-dealkylation sites (N-methyl/N-ethyl adjacent to an activating group) is 1. The number of fused-ring (bicyclic) bond motifs is 1. The quantitative estimate of drug-likeness (QED) is 0.710. The Labute approximate surface area is 184 Å². The smallest absolute Gasteiger partial charge is 0.272 e. The molecule has 0 bridgehead atoms. The van der Waals surface area contributed by atoms with E-state index in [9.17, 15) is 14.7 Å². The first-order valence-electron chi connectivity index (χ1n) is 9.72. The molecule has 3 rings (SSSR count). The van der Waals surface area contributed by atoms with Gasteiger partial charge in [0.15, 0.2) is 0 Å². The molecule has 0 saturated heterocycles. The van der Waals surface area contributed by atoms with Crippen molar-refractivity contribution in [2.45, 2.75) is 26.0 Å². The number of aromatic nitrogens is 2. The predicted molar refractivity (Wildman–Crippen MR) is 114 cm³/mol. The van der Waals surface area contributed by atoms with Gasteiger partial charge in [0.05, 0.1) is 19.2 Å². The van der Waals surface area contributed by atoms with Crippen LogP contribution in [0.5, 0.6) is 5.88 Å². The van der Waals surface area contributed by atoms with Gasteiger partial charge in [-0.05, 0) is 41.1 Å². The topological polar surface area (TPSA) is 95.9 Å². The van der Waals surface area contributed by atoms with Crippen LogP contribution >= 0.6 is 15.9 Å². The van der Waals surface area contributed by atoms with E-state index in [0.717, 1.165) is 0 Å². The number of aliphatic hydroxyl groups is 1. The first-order valence-corrected chi connectivity index (χ1v) is 10.5. The molecule has 0 saturated carbocycles. The van der Waals surface area contributed by atoms with E-state index in [1.54, 1.807) is 60.4 Å². The van der Waals surface area contributed by atoms with Crippen LogP contribution in [-0.2, 0) is 0 Å². The Morgan fingerprint density at radius 2 is 2.20 bits per heavy atom.